The Kier molecular flexibility index (Phi) is 5.35. The summed E-state index contributed by atoms with van der Waals surface area (Å²) in [4.78, 5) is 24.7. The summed E-state index contributed by atoms with van der Waals surface area (Å²) >= 11 is 0. The fourth-order valence-electron chi connectivity index (χ4n) is 5.05. The molecule has 2 bridgehead atoms. The van der Waals surface area contributed by atoms with Gasteiger partial charge in [0.2, 0.25) is 5.91 Å². The highest BCUT2D eigenvalue weighted by atomic mass is 16.5. The number of aromatic nitrogens is 1. The van der Waals surface area contributed by atoms with Crippen LogP contribution in [0.2, 0.25) is 0 Å². The molecule has 0 aliphatic heterocycles. The molecule has 0 spiro atoms. The normalized spacial score (nSPS) is 31.3. The number of nitrogens with one attached hydrogen (secondary N) is 1. The van der Waals surface area contributed by atoms with Crippen molar-refractivity contribution >= 4 is 11.7 Å². The third-order valence-corrected chi connectivity index (χ3v) is 6.69. The number of amides is 1. The number of ketones is 1. The average Bonchev–Trinajstić information content (AvgIpc) is 3.35. The van der Waals surface area contributed by atoms with Crippen molar-refractivity contribution in [2.75, 3.05) is 0 Å². The van der Waals surface area contributed by atoms with Crippen molar-refractivity contribution in [3.05, 3.63) is 17.5 Å². The van der Waals surface area contributed by atoms with E-state index in [0.717, 1.165) is 50.7 Å². The second-order valence-electron chi connectivity index (χ2n) is 9.04. The quantitative estimate of drug-likeness (QED) is 0.715. The zero-order valence-electron chi connectivity index (χ0n) is 16.2. The lowest BCUT2D eigenvalue weighted by atomic mass is 9.64. The van der Waals surface area contributed by atoms with Crippen LogP contribution >= 0.6 is 0 Å². The first kappa shape index (κ1) is 18.7. The van der Waals surface area contributed by atoms with Gasteiger partial charge in [-0.15, -0.1) is 0 Å². The first-order valence-electron chi connectivity index (χ1n) is 10.5. The van der Waals surface area contributed by atoms with Crippen LogP contribution < -0.4 is 11.1 Å². The highest BCUT2D eigenvalue weighted by molar-refractivity contribution is 5.94. The van der Waals surface area contributed by atoms with Crippen molar-refractivity contribution in [1.82, 2.24) is 10.5 Å². The SMILES string of the molecule is C[C@@H](N)CC(=O)NC1CCC2CC1CCC2CC(=O)c1cc(C2CC2)on1. The minimum Gasteiger partial charge on any atom is -0.360 e. The number of carbonyl (C=O) groups excluding carboxylic acids is 2. The number of rotatable bonds is 7. The number of nitrogens with zero attached hydrogens (tertiary/aromatic N) is 1. The van der Waals surface area contributed by atoms with Crippen LogP contribution in [0, 0.1) is 17.8 Å². The molecular weight excluding hydrogens is 342 g/mol. The molecule has 1 amide bonds. The molecule has 3 N–H and O–H groups in total. The molecule has 3 aliphatic carbocycles. The Labute approximate surface area is 160 Å². The van der Waals surface area contributed by atoms with Gasteiger partial charge in [-0.25, -0.2) is 0 Å². The zero-order valence-corrected chi connectivity index (χ0v) is 16.2. The molecule has 4 unspecified atom stereocenters. The second kappa shape index (κ2) is 7.74. The van der Waals surface area contributed by atoms with Crippen molar-refractivity contribution in [3.63, 3.8) is 0 Å². The molecule has 5 atom stereocenters. The lowest BCUT2D eigenvalue weighted by Gasteiger charge is -2.44. The summed E-state index contributed by atoms with van der Waals surface area (Å²) in [5.41, 5.74) is 6.24. The van der Waals surface area contributed by atoms with Gasteiger partial charge in [0.05, 0.1) is 0 Å². The molecule has 27 heavy (non-hydrogen) atoms. The molecule has 0 radical (unpaired) electrons. The van der Waals surface area contributed by atoms with Crippen molar-refractivity contribution in [2.24, 2.45) is 23.5 Å². The highest BCUT2D eigenvalue weighted by Gasteiger charge is 2.40. The fraction of sp³-hybridized carbons (Fsp3) is 0.762. The van der Waals surface area contributed by atoms with Gasteiger partial charge < -0.3 is 15.6 Å². The maximum Gasteiger partial charge on any atom is 0.221 e. The van der Waals surface area contributed by atoms with Crippen molar-refractivity contribution in [2.45, 2.75) is 82.7 Å². The Balaban J connectivity index is 1.29. The molecule has 1 heterocycles. The van der Waals surface area contributed by atoms with Crippen LogP contribution in [0.5, 0.6) is 0 Å². The van der Waals surface area contributed by atoms with Crippen LogP contribution in [0.15, 0.2) is 10.6 Å². The Bertz CT molecular complexity index is 695. The van der Waals surface area contributed by atoms with Gasteiger partial charge in [-0.1, -0.05) is 5.16 Å². The highest BCUT2D eigenvalue weighted by Crippen LogP contribution is 2.45. The summed E-state index contributed by atoms with van der Waals surface area (Å²) in [6, 6.07) is 2.04. The maximum atomic E-state index is 12.7. The van der Waals surface area contributed by atoms with Crippen molar-refractivity contribution in [1.29, 1.82) is 0 Å². The van der Waals surface area contributed by atoms with Crippen LogP contribution in [0.1, 0.15) is 86.9 Å². The van der Waals surface area contributed by atoms with E-state index in [1.165, 1.54) is 0 Å². The molecule has 0 aromatic carbocycles. The molecular formula is C21H31N3O3. The van der Waals surface area contributed by atoms with Gasteiger partial charge in [0.25, 0.3) is 0 Å². The summed E-state index contributed by atoms with van der Waals surface area (Å²) in [6.07, 6.45) is 8.64. The number of carbonyl (C=O) groups is 2. The van der Waals surface area contributed by atoms with Gasteiger partial charge in [-0.05, 0) is 69.6 Å². The van der Waals surface area contributed by atoms with E-state index in [1.807, 2.05) is 13.0 Å². The fourth-order valence-corrected chi connectivity index (χ4v) is 5.05. The number of Topliss-reactive ketones (excluding diaryl/α,β-unsaturated/α-hetero) is 1. The largest absolute Gasteiger partial charge is 0.360 e. The number of hydrogen-bond acceptors (Lipinski definition) is 5. The van der Waals surface area contributed by atoms with E-state index in [4.69, 9.17) is 10.3 Å². The first-order chi connectivity index (χ1) is 13.0. The molecule has 6 nitrogen and oxygen atoms in total. The molecule has 3 aliphatic rings. The lowest BCUT2D eigenvalue weighted by Crippen LogP contribution is -2.47. The number of hydrogen-bond donors (Lipinski definition) is 2. The van der Waals surface area contributed by atoms with Gasteiger partial charge in [-0.2, -0.15) is 0 Å². The average molecular weight is 373 g/mol. The summed E-state index contributed by atoms with van der Waals surface area (Å²) in [5.74, 6) is 3.14. The zero-order chi connectivity index (χ0) is 19.0. The van der Waals surface area contributed by atoms with E-state index in [1.54, 1.807) is 0 Å². The van der Waals surface area contributed by atoms with Gasteiger partial charge in [0, 0.05) is 36.9 Å². The van der Waals surface area contributed by atoms with E-state index in [9.17, 15) is 9.59 Å². The Morgan fingerprint density at radius 2 is 2.00 bits per heavy atom. The van der Waals surface area contributed by atoms with Crippen LogP contribution in [0.4, 0.5) is 0 Å². The summed E-state index contributed by atoms with van der Waals surface area (Å²) < 4.78 is 5.34. The molecule has 6 heteroatoms. The summed E-state index contributed by atoms with van der Waals surface area (Å²) in [6.45, 7) is 1.86. The number of nitrogens with two attached hydrogens (primary N) is 1. The molecule has 3 fully saturated rings. The first-order valence-corrected chi connectivity index (χ1v) is 10.5. The third-order valence-electron chi connectivity index (χ3n) is 6.69. The van der Waals surface area contributed by atoms with Crippen LogP contribution in [-0.4, -0.2) is 28.9 Å². The molecule has 3 saturated carbocycles. The van der Waals surface area contributed by atoms with Gasteiger partial charge in [0.1, 0.15) is 11.5 Å². The van der Waals surface area contributed by atoms with Crippen LogP contribution in [-0.2, 0) is 4.79 Å². The van der Waals surface area contributed by atoms with Gasteiger partial charge in [-0.3, -0.25) is 9.59 Å². The monoisotopic (exact) mass is 373 g/mol. The summed E-state index contributed by atoms with van der Waals surface area (Å²) in [5, 5.41) is 7.21. The molecule has 4 rings (SSSR count). The Hall–Kier alpha value is -1.69. The standard InChI is InChI=1S/C21H31N3O3/c1-12(22)8-21(26)23-17-7-6-14-9-16(17)5-4-15(14)10-19(25)18-11-20(27-24-18)13-2-3-13/h11-17H,2-10,22H2,1H3,(H,23,26)/t12-,14?,15?,16?,17?/m1/s1. The molecule has 148 valence electrons. The predicted molar refractivity (Wildman–Crippen MR) is 101 cm³/mol. The molecule has 1 aromatic rings. The molecule has 0 saturated heterocycles. The third kappa shape index (κ3) is 4.42. The molecule has 1 aromatic heterocycles. The van der Waals surface area contributed by atoms with E-state index >= 15 is 0 Å². The van der Waals surface area contributed by atoms with E-state index < -0.39 is 0 Å². The van der Waals surface area contributed by atoms with Gasteiger partial charge >= 0.3 is 0 Å². The van der Waals surface area contributed by atoms with E-state index in [0.29, 0.717) is 42.2 Å². The topological polar surface area (TPSA) is 98.2 Å². The van der Waals surface area contributed by atoms with Crippen LogP contribution in [0.3, 0.4) is 0 Å². The van der Waals surface area contributed by atoms with Crippen molar-refractivity contribution in [3.8, 4) is 0 Å². The minimum absolute atomic E-state index is 0.0725. The summed E-state index contributed by atoms with van der Waals surface area (Å²) in [7, 11) is 0. The van der Waals surface area contributed by atoms with Crippen molar-refractivity contribution < 1.29 is 14.1 Å². The Morgan fingerprint density at radius 3 is 2.74 bits per heavy atom. The lowest BCUT2D eigenvalue weighted by molar-refractivity contribution is -0.123. The second-order valence-corrected chi connectivity index (χ2v) is 9.04. The predicted octanol–water partition coefficient (Wildman–Crippen LogP) is 3.17. The Morgan fingerprint density at radius 1 is 1.22 bits per heavy atom. The van der Waals surface area contributed by atoms with Gasteiger partial charge in [0.15, 0.2) is 5.78 Å². The van der Waals surface area contributed by atoms with E-state index in [-0.39, 0.29) is 23.8 Å². The van der Waals surface area contributed by atoms with E-state index in [2.05, 4.69) is 10.5 Å². The number of fused-ring (bicyclic) bond motifs is 2. The maximum absolute atomic E-state index is 12.7. The smallest absolute Gasteiger partial charge is 0.221 e. The minimum atomic E-state index is -0.0972. The van der Waals surface area contributed by atoms with Crippen LogP contribution in [0.25, 0.3) is 0 Å².